The summed E-state index contributed by atoms with van der Waals surface area (Å²) >= 11 is 0. The van der Waals surface area contributed by atoms with Gasteiger partial charge in [0, 0.05) is 13.1 Å². The summed E-state index contributed by atoms with van der Waals surface area (Å²) in [7, 11) is 0. The minimum absolute atomic E-state index is 0.298. The van der Waals surface area contributed by atoms with Crippen LogP contribution in [0.15, 0.2) is 18.2 Å². The van der Waals surface area contributed by atoms with E-state index in [2.05, 4.69) is 0 Å². The average Bonchev–Trinajstić information content (AvgIpc) is 2.82. The van der Waals surface area contributed by atoms with Crippen molar-refractivity contribution in [2.45, 2.75) is 20.3 Å². The Morgan fingerprint density at radius 3 is 2.71 bits per heavy atom. The van der Waals surface area contributed by atoms with E-state index in [0.717, 1.165) is 0 Å². The fourth-order valence-electron chi connectivity index (χ4n) is 2.64. The summed E-state index contributed by atoms with van der Waals surface area (Å²) in [5.41, 5.74) is 12.4. The highest BCUT2D eigenvalue weighted by Crippen LogP contribution is 2.37. The van der Waals surface area contributed by atoms with Gasteiger partial charge in [0.15, 0.2) is 0 Å². The number of hydrogen-bond donors (Lipinski definition) is 2. The van der Waals surface area contributed by atoms with Crippen LogP contribution >= 0.6 is 0 Å². The summed E-state index contributed by atoms with van der Waals surface area (Å²) in [6, 6.07) is 5.13. The Hall–Kier alpha value is -2.24. The number of esters is 1. The molecule has 1 aliphatic heterocycles. The number of para-hydroxylation sites is 1. The van der Waals surface area contributed by atoms with Gasteiger partial charge in [0.25, 0.3) is 0 Å². The van der Waals surface area contributed by atoms with Gasteiger partial charge in [-0.05, 0) is 32.4 Å². The summed E-state index contributed by atoms with van der Waals surface area (Å²) in [5, 5.41) is 0. The molecule has 1 unspecified atom stereocenters. The first-order valence-corrected chi connectivity index (χ1v) is 6.99. The Bertz CT molecular complexity index is 573. The molecule has 21 heavy (non-hydrogen) atoms. The number of primary amides is 1. The van der Waals surface area contributed by atoms with Gasteiger partial charge in [-0.25, -0.2) is 4.79 Å². The standard InChI is InChI=1S/C15H21N3O3/c1-3-21-13(19)10-5-4-6-11(16)12(10)18-8-7-15(2,9-18)14(17)20/h4-6H,3,7-9,16H2,1-2H3,(H2,17,20). The monoisotopic (exact) mass is 291 g/mol. The van der Waals surface area contributed by atoms with Crippen LogP contribution in [0.1, 0.15) is 30.6 Å². The number of carbonyl (C=O) groups is 2. The van der Waals surface area contributed by atoms with Crippen LogP contribution in [0.25, 0.3) is 0 Å². The van der Waals surface area contributed by atoms with E-state index in [9.17, 15) is 9.59 Å². The van der Waals surface area contributed by atoms with Crippen LogP contribution in [0.2, 0.25) is 0 Å². The molecule has 0 bridgehead atoms. The minimum Gasteiger partial charge on any atom is -0.462 e. The van der Waals surface area contributed by atoms with E-state index in [1.807, 2.05) is 11.8 Å². The molecule has 1 heterocycles. The van der Waals surface area contributed by atoms with E-state index < -0.39 is 11.4 Å². The lowest BCUT2D eigenvalue weighted by Crippen LogP contribution is -2.37. The van der Waals surface area contributed by atoms with Crippen molar-refractivity contribution in [3.63, 3.8) is 0 Å². The largest absolute Gasteiger partial charge is 0.462 e. The number of amides is 1. The molecule has 0 radical (unpaired) electrons. The SMILES string of the molecule is CCOC(=O)c1cccc(N)c1N1CCC(C)(C(N)=O)C1. The number of rotatable bonds is 4. The summed E-state index contributed by atoms with van der Waals surface area (Å²) in [6.45, 7) is 4.96. The highest BCUT2D eigenvalue weighted by Gasteiger charge is 2.40. The van der Waals surface area contributed by atoms with Crippen LogP contribution in [-0.4, -0.2) is 31.6 Å². The zero-order valence-electron chi connectivity index (χ0n) is 12.4. The molecule has 0 saturated carbocycles. The molecule has 1 aliphatic rings. The maximum atomic E-state index is 12.1. The van der Waals surface area contributed by atoms with Crippen LogP contribution in [0, 0.1) is 5.41 Å². The molecule has 1 saturated heterocycles. The Morgan fingerprint density at radius 1 is 1.43 bits per heavy atom. The van der Waals surface area contributed by atoms with Crippen LogP contribution in [0.5, 0.6) is 0 Å². The number of anilines is 2. The number of benzene rings is 1. The molecule has 114 valence electrons. The van der Waals surface area contributed by atoms with Crippen LogP contribution < -0.4 is 16.4 Å². The maximum Gasteiger partial charge on any atom is 0.340 e. The fraction of sp³-hybridized carbons (Fsp3) is 0.467. The van der Waals surface area contributed by atoms with Crippen molar-refractivity contribution in [2.24, 2.45) is 11.1 Å². The highest BCUT2D eigenvalue weighted by molar-refractivity contribution is 5.99. The Labute approximate surface area is 124 Å². The lowest BCUT2D eigenvalue weighted by atomic mass is 9.89. The molecular weight excluding hydrogens is 270 g/mol. The summed E-state index contributed by atoms with van der Waals surface area (Å²) in [5.74, 6) is -0.746. The van der Waals surface area contributed by atoms with Crippen molar-refractivity contribution in [3.05, 3.63) is 23.8 Å². The second-order valence-corrected chi connectivity index (χ2v) is 5.56. The molecule has 1 aromatic carbocycles. The second-order valence-electron chi connectivity index (χ2n) is 5.56. The zero-order valence-corrected chi connectivity index (χ0v) is 12.4. The molecule has 1 fully saturated rings. The average molecular weight is 291 g/mol. The molecular formula is C15H21N3O3. The van der Waals surface area contributed by atoms with Gasteiger partial charge in [-0.15, -0.1) is 0 Å². The van der Waals surface area contributed by atoms with Crippen molar-refractivity contribution in [1.29, 1.82) is 0 Å². The topological polar surface area (TPSA) is 98.7 Å². The lowest BCUT2D eigenvalue weighted by molar-refractivity contribution is -0.125. The lowest BCUT2D eigenvalue weighted by Gasteiger charge is -2.25. The van der Waals surface area contributed by atoms with Gasteiger partial charge in [0.05, 0.1) is 29.0 Å². The predicted molar refractivity (Wildman–Crippen MR) is 80.9 cm³/mol. The number of nitrogens with two attached hydrogens (primary N) is 2. The van der Waals surface area contributed by atoms with Gasteiger partial charge in [-0.3, -0.25) is 4.79 Å². The van der Waals surface area contributed by atoms with Crippen molar-refractivity contribution in [3.8, 4) is 0 Å². The number of carbonyl (C=O) groups excluding carboxylic acids is 2. The summed E-state index contributed by atoms with van der Waals surface area (Å²) < 4.78 is 5.07. The highest BCUT2D eigenvalue weighted by atomic mass is 16.5. The first-order chi connectivity index (χ1) is 9.89. The van der Waals surface area contributed by atoms with Crippen LogP contribution in [0.3, 0.4) is 0 Å². The van der Waals surface area contributed by atoms with Crippen LogP contribution in [-0.2, 0) is 9.53 Å². The number of hydrogen-bond acceptors (Lipinski definition) is 5. The van der Waals surface area contributed by atoms with Gasteiger partial charge in [-0.1, -0.05) is 6.07 Å². The molecule has 1 aromatic rings. The number of nitrogen functional groups attached to an aromatic ring is 1. The van der Waals surface area contributed by atoms with Crippen LogP contribution in [0.4, 0.5) is 11.4 Å². The third kappa shape index (κ3) is 2.79. The Balaban J connectivity index is 2.36. The molecule has 0 aliphatic carbocycles. The van der Waals surface area contributed by atoms with Crippen molar-refractivity contribution >= 4 is 23.3 Å². The molecule has 2 rings (SSSR count). The summed E-state index contributed by atoms with van der Waals surface area (Å²) in [6.07, 6.45) is 0.638. The predicted octanol–water partition coefficient (Wildman–Crippen LogP) is 1.15. The zero-order chi connectivity index (χ0) is 15.6. The van der Waals surface area contributed by atoms with Gasteiger partial charge in [-0.2, -0.15) is 0 Å². The smallest absolute Gasteiger partial charge is 0.340 e. The van der Waals surface area contributed by atoms with Gasteiger partial charge < -0.3 is 21.1 Å². The van der Waals surface area contributed by atoms with E-state index in [0.29, 0.717) is 43.1 Å². The van der Waals surface area contributed by atoms with Gasteiger partial charge in [0.2, 0.25) is 5.91 Å². The van der Waals surface area contributed by atoms with E-state index in [4.69, 9.17) is 16.2 Å². The molecule has 0 aromatic heterocycles. The van der Waals surface area contributed by atoms with E-state index in [1.54, 1.807) is 25.1 Å². The third-order valence-corrected chi connectivity index (χ3v) is 3.95. The molecule has 1 amide bonds. The second kappa shape index (κ2) is 5.63. The molecule has 0 spiro atoms. The Morgan fingerprint density at radius 2 is 2.14 bits per heavy atom. The first-order valence-electron chi connectivity index (χ1n) is 6.99. The first kappa shape index (κ1) is 15.2. The van der Waals surface area contributed by atoms with Gasteiger partial charge in [0.1, 0.15) is 0 Å². The summed E-state index contributed by atoms with van der Waals surface area (Å²) in [4.78, 5) is 25.6. The number of ether oxygens (including phenoxy) is 1. The van der Waals surface area contributed by atoms with Crippen molar-refractivity contribution in [1.82, 2.24) is 0 Å². The quantitative estimate of drug-likeness (QED) is 0.640. The van der Waals surface area contributed by atoms with E-state index >= 15 is 0 Å². The maximum absolute atomic E-state index is 12.1. The third-order valence-electron chi connectivity index (χ3n) is 3.95. The normalized spacial score (nSPS) is 21.3. The van der Waals surface area contributed by atoms with Gasteiger partial charge >= 0.3 is 5.97 Å². The molecule has 6 heteroatoms. The molecule has 1 atom stereocenters. The molecule has 4 N–H and O–H groups in total. The Kier molecular flexibility index (Phi) is 4.06. The van der Waals surface area contributed by atoms with E-state index in [-0.39, 0.29) is 5.91 Å². The number of nitrogens with zero attached hydrogens (tertiary/aromatic N) is 1. The molecule has 6 nitrogen and oxygen atoms in total. The fourth-order valence-corrected chi connectivity index (χ4v) is 2.64. The van der Waals surface area contributed by atoms with Crippen molar-refractivity contribution in [2.75, 3.05) is 30.3 Å². The van der Waals surface area contributed by atoms with Crippen molar-refractivity contribution < 1.29 is 14.3 Å². The van der Waals surface area contributed by atoms with E-state index in [1.165, 1.54) is 0 Å². The minimum atomic E-state index is -0.603.